The minimum atomic E-state index is -0.0269. The van der Waals surface area contributed by atoms with Crippen LogP contribution >= 0.6 is 0 Å². The standard InChI is InChI=1S/C11H12O2/c1-8-3-6-11(13)10(7-8)5-4-9(2)12/h3-7,13H,1-2H3/b5-4-. The largest absolute Gasteiger partial charge is 0.507 e. The van der Waals surface area contributed by atoms with E-state index >= 15 is 0 Å². The molecule has 1 aromatic carbocycles. The third kappa shape index (κ3) is 2.75. The van der Waals surface area contributed by atoms with Crippen molar-refractivity contribution in [2.45, 2.75) is 13.8 Å². The zero-order valence-electron chi connectivity index (χ0n) is 7.74. The predicted octanol–water partition coefficient (Wildman–Crippen LogP) is 2.30. The quantitative estimate of drug-likeness (QED) is 0.702. The van der Waals surface area contributed by atoms with Crippen LogP contribution in [0, 0.1) is 6.92 Å². The highest BCUT2D eigenvalue weighted by atomic mass is 16.3. The Hall–Kier alpha value is -1.57. The number of phenols is 1. The van der Waals surface area contributed by atoms with Crippen LogP contribution in [0.5, 0.6) is 5.75 Å². The second kappa shape index (κ2) is 3.90. The lowest BCUT2D eigenvalue weighted by Crippen LogP contribution is -1.82. The molecule has 0 bridgehead atoms. The van der Waals surface area contributed by atoms with Crippen LogP contribution in [-0.2, 0) is 4.79 Å². The molecule has 0 unspecified atom stereocenters. The van der Waals surface area contributed by atoms with Gasteiger partial charge in [0.25, 0.3) is 0 Å². The SMILES string of the molecule is CC(=O)/C=C\c1cc(C)ccc1O. The van der Waals surface area contributed by atoms with E-state index in [4.69, 9.17) is 0 Å². The molecular weight excluding hydrogens is 164 g/mol. The molecule has 13 heavy (non-hydrogen) atoms. The van der Waals surface area contributed by atoms with Gasteiger partial charge in [-0.2, -0.15) is 0 Å². The smallest absolute Gasteiger partial charge is 0.152 e. The van der Waals surface area contributed by atoms with Crippen molar-refractivity contribution in [1.82, 2.24) is 0 Å². The number of rotatable bonds is 2. The van der Waals surface area contributed by atoms with Gasteiger partial charge in [-0.3, -0.25) is 4.79 Å². The first-order valence-electron chi connectivity index (χ1n) is 4.08. The summed E-state index contributed by atoms with van der Waals surface area (Å²) >= 11 is 0. The molecule has 0 atom stereocenters. The second-order valence-electron chi connectivity index (χ2n) is 3.01. The van der Waals surface area contributed by atoms with Crippen LogP contribution in [-0.4, -0.2) is 10.9 Å². The number of allylic oxidation sites excluding steroid dienone is 1. The molecule has 0 fully saturated rings. The molecule has 0 saturated carbocycles. The van der Waals surface area contributed by atoms with Crippen molar-refractivity contribution >= 4 is 11.9 Å². The third-order valence-electron chi connectivity index (χ3n) is 1.68. The van der Waals surface area contributed by atoms with Crippen molar-refractivity contribution < 1.29 is 9.90 Å². The van der Waals surface area contributed by atoms with E-state index in [1.54, 1.807) is 12.1 Å². The highest BCUT2D eigenvalue weighted by Crippen LogP contribution is 2.19. The van der Waals surface area contributed by atoms with Gasteiger partial charge in [-0.05, 0) is 38.1 Å². The van der Waals surface area contributed by atoms with E-state index in [9.17, 15) is 9.90 Å². The van der Waals surface area contributed by atoms with Crippen LogP contribution in [0.25, 0.3) is 6.08 Å². The molecule has 2 heteroatoms. The number of carbonyl (C=O) groups excluding carboxylic acids is 1. The van der Waals surface area contributed by atoms with Gasteiger partial charge >= 0.3 is 0 Å². The summed E-state index contributed by atoms with van der Waals surface area (Å²) in [4.78, 5) is 10.6. The highest BCUT2D eigenvalue weighted by Gasteiger charge is 1.96. The number of hydrogen-bond acceptors (Lipinski definition) is 2. The van der Waals surface area contributed by atoms with E-state index in [1.807, 2.05) is 19.1 Å². The van der Waals surface area contributed by atoms with Gasteiger partial charge in [-0.1, -0.05) is 11.6 Å². The number of aryl methyl sites for hydroxylation is 1. The fourth-order valence-electron chi connectivity index (χ4n) is 1.01. The molecule has 2 nitrogen and oxygen atoms in total. The summed E-state index contributed by atoms with van der Waals surface area (Å²) in [5.41, 5.74) is 1.73. The second-order valence-corrected chi connectivity index (χ2v) is 3.01. The molecule has 68 valence electrons. The normalized spacial score (nSPS) is 10.6. The van der Waals surface area contributed by atoms with Crippen molar-refractivity contribution in [3.8, 4) is 5.75 Å². The van der Waals surface area contributed by atoms with E-state index in [2.05, 4.69) is 0 Å². The Morgan fingerprint density at radius 2 is 2.15 bits per heavy atom. The molecular formula is C11H12O2. The van der Waals surface area contributed by atoms with Gasteiger partial charge in [0.1, 0.15) is 5.75 Å². The zero-order valence-corrected chi connectivity index (χ0v) is 7.74. The summed E-state index contributed by atoms with van der Waals surface area (Å²) in [5.74, 6) is 0.170. The van der Waals surface area contributed by atoms with E-state index in [0.717, 1.165) is 5.56 Å². The number of benzene rings is 1. The van der Waals surface area contributed by atoms with Gasteiger partial charge in [-0.25, -0.2) is 0 Å². The molecule has 1 N–H and O–H groups in total. The molecule has 1 aromatic rings. The van der Waals surface area contributed by atoms with Crippen molar-refractivity contribution in [3.63, 3.8) is 0 Å². The zero-order chi connectivity index (χ0) is 9.84. The number of phenolic OH excluding ortho intramolecular Hbond substituents is 1. The molecule has 0 radical (unpaired) electrons. The number of hydrogen-bond donors (Lipinski definition) is 1. The average Bonchev–Trinajstić information content (AvgIpc) is 2.06. The Morgan fingerprint density at radius 3 is 2.77 bits per heavy atom. The van der Waals surface area contributed by atoms with Gasteiger partial charge in [0, 0.05) is 5.56 Å². The van der Waals surface area contributed by atoms with Crippen LogP contribution < -0.4 is 0 Å². The lowest BCUT2D eigenvalue weighted by Gasteiger charge is -1.99. The minimum absolute atomic E-state index is 0.0269. The third-order valence-corrected chi connectivity index (χ3v) is 1.68. The molecule has 1 rings (SSSR count). The maximum absolute atomic E-state index is 10.6. The molecule has 0 heterocycles. The molecule has 0 spiro atoms. The van der Waals surface area contributed by atoms with E-state index in [-0.39, 0.29) is 11.5 Å². The predicted molar refractivity (Wildman–Crippen MR) is 52.6 cm³/mol. The Morgan fingerprint density at radius 1 is 1.46 bits per heavy atom. The van der Waals surface area contributed by atoms with E-state index in [1.165, 1.54) is 13.0 Å². The topological polar surface area (TPSA) is 37.3 Å². The lowest BCUT2D eigenvalue weighted by atomic mass is 10.1. The van der Waals surface area contributed by atoms with Crippen LogP contribution in [0.2, 0.25) is 0 Å². The van der Waals surface area contributed by atoms with E-state index < -0.39 is 0 Å². The maximum Gasteiger partial charge on any atom is 0.152 e. The van der Waals surface area contributed by atoms with Crippen LogP contribution in [0.3, 0.4) is 0 Å². The summed E-state index contributed by atoms with van der Waals surface area (Å²) in [6.45, 7) is 3.41. The Balaban J connectivity index is 3.00. The molecule has 0 saturated heterocycles. The fourth-order valence-corrected chi connectivity index (χ4v) is 1.01. The van der Waals surface area contributed by atoms with Crippen molar-refractivity contribution in [3.05, 3.63) is 35.4 Å². The molecule has 0 aliphatic heterocycles. The van der Waals surface area contributed by atoms with E-state index in [0.29, 0.717) is 5.56 Å². The first kappa shape index (κ1) is 9.52. The summed E-state index contributed by atoms with van der Waals surface area (Å²) in [5, 5.41) is 9.39. The number of aromatic hydroxyl groups is 1. The van der Waals surface area contributed by atoms with Crippen LogP contribution in [0.4, 0.5) is 0 Å². The first-order valence-corrected chi connectivity index (χ1v) is 4.08. The average molecular weight is 176 g/mol. The Bertz CT molecular complexity index is 351. The number of carbonyl (C=O) groups is 1. The first-order chi connectivity index (χ1) is 6.09. The van der Waals surface area contributed by atoms with Gasteiger partial charge in [0.05, 0.1) is 0 Å². The summed E-state index contributed by atoms with van der Waals surface area (Å²) in [6, 6.07) is 5.27. The van der Waals surface area contributed by atoms with Crippen molar-refractivity contribution in [1.29, 1.82) is 0 Å². The number of ketones is 1. The van der Waals surface area contributed by atoms with Gasteiger partial charge in [-0.15, -0.1) is 0 Å². The van der Waals surface area contributed by atoms with Gasteiger partial charge in [0.15, 0.2) is 5.78 Å². The lowest BCUT2D eigenvalue weighted by molar-refractivity contribution is -0.112. The Labute approximate surface area is 77.5 Å². The van der Waals surface area contributed by atoms with Crippen molar-refractivity contribution in [2.75, 3.05) is 0 Å². The summed E-state index contributed by atoms with van der Waals surface area (Å²) < 4.78 is 0. The van der Waals surface area contributed by atoms with Crippen LogP contribution in [0.15, 0.2) is 24.3 Å². The fraction of sp³-hybridized carbons (Fsp3) is 0.182. The molecule has 0 aliphatic carbocycles. The van der Waals surface area contributed by atoms with Crippen molar-refractivity contribution in [2.24, 2.45) is 0 Å². The summed E-state index contributed by atoms with van der Waals surface area (Å²) in [6.07, 6.45) is 3.05. The Kier molecular flexibility index (Phi) is 2.85. The minimum Gasteiger partial charge on any atom is -0.507 e. The highest BCUT2D eigenvalue weighted by molar-refractivity contribution is 5.91. The summed E-state index contributed by atoms with van der Waals surface area (Å²) in [7, 11) is 0. The van der Waals surface area contributed by atoms with Gasteiger partial charge < -0.3 is 5.11 Å². The molecule has 0 amide bonds. The monoisotopic (exact) mass is 176 g/mol. The molecule has 0 aliphatic rings. The van der Waals surface area contributed by atoms with Crippen LogP contribution in [0.1, 0.15) is 18.1 Å². The molecule has 0 aromatic heterocycles. The van der Waals surface area contributed by atoms with Gasteiger partial charge in [0.2, 0.25) is 0 Å². The maximum atomic E-state index is 10.6.